The summed E-state index contributed by atoms with van der Waals surface area (Å²) in [5.41, 5.74) is 3.19. The fourth-order valence-corrected chi connectivity index (χ4v) is 2.35. The van der Waals surface area contributed by atoms with Crippen molar-refractivity contribution in [2.45, 2.75) is 26.7 Å². The lowest BCUT2D eigenvalue weighted by Gasteiger charge is -2.06. The number of aryl methyl sites for hydroxylation is 2. The van der Waals surface area contributed by atoms with Gasteiger partial charge in [-0.05, 0) is 43.2 Å². The molecule has 2 aromatic carbocycles. The minimum Gasteiger partial charge on any atom is -0.299 e. The highest BCUT2D eigenvalue weighted by atomic mass is 19.1. The summed E-state index contributed by atoms with van der Waals surface area (Å²) in [6, 6.07) is 9.08. The van der Waals surface area contributed by atoms with E-state index in [1.807, 2.05) is 32.0 Å². The van der Waals surface area contributed by atoms with E-state index in [1.54, 1.807) is 0 Å². The van der Waals surface area contributed by atoms with Crippen LogP contribution in [0.2, 0.25) is 0 Å². The highest BCUT2D eigenvalue weighted by Crippen LogP contribution is 2.14. The number of halogens is 2. The van der Waals surface area contributed by atoms with E-state index in [-0.39, 0.29) is 24.2 Å². The van der Waals surface area contributed by atoms with E-state index in [4.69, 9.17) is 0 Å². The number of carbonyl (C=O) groups excluding carboxylic acids is 1. The molecule has 104 valence electrons. The van der Waals surface area contributed by atoms with Crippen molar-refractivity contribution in [3.8, 4) is 0 Å². The minimum absolute atomic E-state index is 0.0867. The topological polar surface area (TPSA) is 17.1 Å². The third-order valence-electron chi connectivity index (χ3n) is 3.08. The molecule has 2 rings (SSSR count). The van der Waals surface area contributed by atoms with Crippen molar-refractivity contribution in [2.75, 3.05) is 0 Å². The number of hydrogen-bond donors (Lipinski definition) is 0. The van der Waals surface area contributed by atoms with Crippen molar-refractivity contribution in [2.24, 2.45) is 0 Å². The van der Waals surface area contributed by atoms with Gasteiger partial charge in [0.1, 0.15) is 17.4 Å². The summed E-state index contributed by atoms with van der Waals surface area (Å²) in [7, 11) is 0. The lowest BCUT2D eigenvalue weighted by molar-refractivity contribution is -0.117. The van der Waals surface area contributed by atoms with E-state index in [1.165, 1.54) is 0 Å². The molecule has 1 nitrogen and oxygen atoms in total. The van der Waals surface area contributed by atoms with E-state index >= 15 is 0 Å². The minimum atomic E-state index is -0.542. The van der Waals surface area contributed by atoms with Gasteiger partial charge in [0.15, 0.2) is 0 Å². The number of ketones is 1. The average molecular weight is 274 g/mol. The Morgan fingerprint density at radius 2 is 1.60 bits per heavy atom. The summed E-state index contributed by atoms with van der Waals surface area (Å²) in [6.45, 7) is 3.93. The summed E-state index contributed by atoms with van der Waals surface area (Å²) in [6.07, 6.45) is 0.148. The van der Waals surface area contributed by atoms with Gasteiger partial charge in [0.2, 0.25) is 0 Å². The maximum atomic E-state index is 13.5. The second-order valence-electron chi connectivity index (χ2n) is 5.12. The summed E-state index contributed by atoms with van der Waals surface area (Å²) in [5.74, 6) is -1.19. The summed E-state index contributed by atoms with van der Waals surface area (Å²) >= 11 is 0. The van der Waals surface area contributed by atoms with Crippen LogP contribution in [0.5, 0.6) is 0 Å². The van der Waals surface area contributed by atoms with E-state index in [2.05, 4.69) is 0 Å². The molecule has 0 bridgehead atoms. The molecule has 0 saturated carbocycles. The van der Waals surface area contributed by atoms with E-state index < -0.39 is 11.6 Å². The Morgan fingerprint density at radius 1 is 0.950 bits per heavy atom. The predicted octanol–water partition coefficient (Wildman–Crippen LogP) is 3.94. The molecule has 0 aliphatic carbocycles. The first-order chi connectivity index (χ1) is 9.44. The highest BCUT2D eigenvalue weighted by Gasteiger charge is 2.10. The highest BCUT2D eigenvalue weighted by molar-refractivity contribution is 5.83. The quantitative estimate of drug-likeness (QED) is 0.825. The van der Waals surface area contributed by atoms with E-state index in [0.29, 0.717) is 0 Å². The van der Waals surface area contributed by atoms with Gasteiger partial charge in [0.05, 0.1) is 0 Å². The van der Waals surface area contributed by atoms with Crippen LogP contribution in [0.3, 0.4) is 0 Å². The third kappa shape index (κ3) is 3.73. The summed E-state index contributed by atoms with van der Waals surface area (Å²) < 4.78 is 26.5. The van der Waals surface area contributed by atoms with Gasteiger partial charge >= 0.3 is 0 Å². The predicted molar refractivity (Wildman–Crippen MR) is 74.7 cm³/mol. The molecule has 20 heavy (non-hydrogen) atoms. The van der Waals surface area contributed by atoms with Crippen LogP contribution < -0.4 is 0 Å². The van der Waals surface area contributed by atoms with Crippen LogP contribution in [0.15, 0.2) is 36.4 Å². The molecule has 0 atom stereocenters. The number of Topliss-reactive ketones (excluding diaryl/α,β-unsaturated/α-hetero) is 1. The first kappa shape index (κ1) is 14.4. The lowest BCUT2D eigenvalue weighted by Crippen LogP contribution is -2.08. The van der Waals surface area contributed by atoms with Gasteiger partial charge in [-0.2, -0.15) is 0 Å². The Balaban J connectivity index is 2.11. The monoisotopic (exact) mass is 274 g/mol. The zero-order chi connectivity index (χ0) is 14.7. The van der Waals surface area contributed by atoms with Crippen LogP contribution in [0.4, 0.5) is 8.78 Å². The molecule has 0 N–H and O–H groups in total. The Bertz CT molecular complexity index is 627. The Morgan fingerprint density at radius 3 is 2.25 bits per heavy atom. The van der Waals surface area contributed by atoms with Gasteiger partial charge < -0.3 is 0 Å². The smallest absolute Gasteiger partial charge is 0.141 e. The fourth-order valence-electron chi connectivity index (χ4n) is 2.35. The molecular formula is C17H16F2O. The van der Waals surface area contributed by atoms with Crippen LogP contribution in [0, 0.1) is 25.5 Å². The fraction of sp³-hybridized carbons (Fsp3) is 0.235. The van der Waals surface area contributed by atoms with Crippen molar-refractivity contribution in [3.63, 3.8) is 0 Å². The first-order valence-electron chi connectivity index (χ1n) is 6.47. The molecule has 0 saturated heterocycles. The normalized spacial score (nSPS) is 10.6. The van der Waals surface area contributed by atoms with Gasteiger partial charge in [-0.25, -0.2) is 8.78 Å². The van der Waals surface area contributed by atoms with Crippen molar-refractivity contribution in [1.82, 2.24) is 0 Å². The van der Waals surface area contributed by atoms with Gasteiger partial charge in [-0.1, -0.05) is 29.3 Å². The number of hydrogen-bond acceptors (Lipinski definition) is 1. The van der Waals surface area contributed by atoms with Crippen molar-refractivity contribution < 1.29 is 13.6 Å². The first-order valence-corrected chi connectivity index (χ1v) is 6.47. The molecule has 0 spiro atoms. The molecule has 2 aromatic rings. The molecule has 0 unspecified atom stereocenters. The molecule has 0 aliphatic heterocycles. The number of rotatable bonds is 4. The van der Waals surface area contributed by atoms with Crippen LogP contribution >= 0.6 is 0 Å². The molecule has 0 heterocycles. The van der Waals surface area contributed by atoms with Gasteiger partial charge in [0.25, 0.3) is 0 Å². The van der Waals surface area contributed by atoms with E-state index in [0.717, 1.165) is 34.9 Å². The van der Waals surface area contributed by atoms with Crippen molar-refractivity contribution in [3.05, 3.63) is 70.3 Å². The summed E-state index contributed by atoms with van der Waals surface area (Å²) in [4.78, 5) is 12.0. The van der Waals surface area contributed by atoms with Crippen molar-refractivity contribution >= 4 is 5.78 Å². The molecular weight excluding hydrogens is 258 g/mol. The maximum Gasteiger partial charge on any atom is 0.141 e. The van der Waals surface area contributed by atoms with Crippen LogP contribution in [-0.4, -0.2) is 5.78 Å². The summed E-state index contributed by atoms with van der Waals surface area (Å²) in [5, 5.41) is 0. The largest absolute Gasteiger partial charge is 0.299 e. The zero-order valence-electron chi connectivity index (χ0n) is 11.5. The Hall–Kier alpha value is -2.03. The molecule has 3 heteroatoms. The molecule has 0 radical (unpaired) electrons. The number of carbonyl (C=O) groups is 1. The maximum absolute atomic E-state index is 13.5. The van der Waals surface area contributed by atoms with Crippen molar-refractivity contribution in [1.29, 1.82) is 0 Å². The Labute approximate surface area is 117 Å². The lowest BCUT2D eigenvalue weighted by atomic mass is 9.99. The molecule has 0 aromatic heterocycles. The van der Waals surface area contributed by atoms with E-state index in [9.17, 15) is 13.6 Å². The Kier molecular flexibility index (Phi) is 4.28. The van der Waals surface area contributed by atoms with Gasteiger partial charge in [-0.3, -0.25) is 4.79 Å². The molecule has 0 aliphatic rings. The second-order valence-corrected chi connectivity index (χ2v) is 5.12. The van der Waals surface area contributed by atoms with Crippen LogP contribution in [0.25, 0.3) is 0 Å². The molecule has 0 amide bonds. The van der Waals surface area contributed by atoms with Gasteiger partial charge in [-0.15, -0.1) is 0 Å². The SMILES string of the molecule is Cc1cc(C)cc(CC(=O)Cc2cc(F)ccc2F)c1. The van der Waals surface area contributed by atoms with Crippen LogP contribution in [0.1, 0.15) is 22.3 Å². The average Bonchev–Trinajstić information content (AvgIpc) is 2.32. The zero-order valence-corrected chi connectivity index (χ0v) is 11.5. The third-order valence-corrected chi connectivity index (χ3v) is 3.08. The van der Waals surface area contributed by atoms with Gasteiger partial charge in [0, 0.05) is 12.8 Å². The van der Waals surface area contributed by atoms with Crippen LogP contribution in [-0.2, 0) is 17.6 Å². The second kappa shape index (κ2) is 5.95. The molecule has 0 fully saturated rings. The standard InChI is InChI=1S/C17H16F2O/c1-11-5-12(2)7-13(6-11)8-16(20)10-14-9-15(18)3-4-17(14)19/h3-7,9H,8,10H2,1-2H3. The number of benzene rings is 2.